The number of carbonyl (C=O) groups is 4. The van der Waals surface area contributed by atoms with Gasteiger partial charge in [-0.25, -0.2) is 19.9 Å². The molecule has 2 atom stereocenters. The van der Waals surface area contributed by atoms with E-state index in [-0.39, 0.29) is 32.9 Å². The highest BCUT2D eigenvalue weighted by atomic mass is 35.5. The number of amides is 4. The highest BCUT2D eigenvalue weighted by molar-refractivity contribution is 6.32. The minimum atomic E-state index is -0.737. The van der Waals surface area contributed by atoms with Crippen LogP contribution in [-0.2, 0) is 9.59 Å². The van der Waals surface area contributed by atoms with Crippen molar-refractivity contribution in [2.45, 2.75) is 25.9 Å². The lowest BCUT2D eigenvalue weighted by molar-refractivity contribution is -0.119. The number of carbonyl (C=O) groups excluding carboxylic acids is 4. The molecule has 0 saturated heterocycles. The van der Waals surface area contributed by atoms with Crippen molar-refractivity contribution in [1.82, 2.24) is 19.9 Å². The van der Waals surface area contributed by atoms with Crippen LogP contribution in [0.15, 0.2) is 12.1 Å². The van der Waals surface area contributed by atoms with Gasteiger partial charge in [0.05, 0.1) is 6.04 Å². The molecule has 0 aliphatic rings. The zero-order valence-electron chi connectivity index (χ0n) is 17.3. The molecule has 0 aromatic carbocycles. The van der Waals surface area contributed by atoms with Gasteiger partial charge in [-0.3, -0.25) is 19.2 Å². The summed E-state index contributed by atoms with van der Waals surface area (Å²) in [5.74, 6) is -2.24. The van der Waals surface area contributed by atoms with E-state index in [1.54, 1.807) is 13.8 Å². The summed E-state index contributed by atoms with van der Waals surface area (Å²) >= 11 is 16.4. The molecule has 4 amide bonds. The van der Waals surface area contributed by atoms with Gasteiger partial charge >= 0.3 is 0 Å². The number of aromatic nitrogens is 4. The van der Waals surface area contributed by atoms with Crippen LogP contribution in [0.4, 0.5) is 5.82 Å². The Morgan fingerprint density at radius 1 is 0.788 bits per heavy atom. The molecule has 0 fully saturated rings. The second-order valence-electron chi connectivity index (χ2n) is 5.94. The highest BCUT2D eigenvalue weighted by Crippen LogP contribution is 2.11. The Hall–Kier alpha value is -3.33. The van der Waals surface area contributed by atoms with Crippen LogP contribution in [-0.4, -0.2) is 55.6 Å². The van der Waals surface area contributed by atoms with Gasteiger partial charge in [0.15, 0.2) is 0 Å². The quantitative estimate of drug-likeness (QED) is 0.203. The molecule has 0 radical (unpaired) electrons. The average molecular weight is 524 g/mol. The molecule has 2 heterocycles. The van der Waals surface area contributed by atoms with Crippen LogP contribution >= 0.6 is 34.8 Å². The number of hydrogen-bond acceptors (Lipinski definition) is 10. The number of nitrogens with two attached hydrogens (primary N) is 5. The first-order chi connectivity index (χ1) is 15.1. The molecule has 11 N–H and O–H groups in total. The van der Waals surface area contributed by atoms with Crippen molar-refractivity contribution in [3.05, 3.63) is 39.2 Å². The number of nitrogens with one attached hydrogen (secondary N) is 1. The maximum absolute atomic E-state index is 10.9. The first kappa shape index (κ1) is 29.7. The maximum Gasteiger partial charge on any atom is 0.267 e. The van der Waals surface area contributed by atoms with E-state index in [1.807, 2.05) is 0 Å². The van der Waals surface area contributed by atoms with Crippen LogP contribution in [0.25, 0.3) is 0 Å². The summed E-state index contributed by atoms with van der Waals surface area (Å²) < 4.78 is 0. The fourth-order valence-electron chi connectivity index (χ4n) is 1.43. The largest absolute Gasteiger partial charge is 0.368 e. The Balaban J connectivity index is 0.000000520. The smallest absolute Gasteiger partial charge is 0.267 e. The normalized spacial score (nSPS) is 11.5. The summed E-state index contributed by atoms with van der Waals surface area (Å²) in [5.41, 5.74) is 24.6. The summed E-state index contributed by atoms with van der Waals surface area (Å²) in [6.45, 7) is 3.09. The molecule has 0 unspecified atom stereocenters. The molecule has 2 rings (SSSR count). The summed E-state index contributed by atoms with van der Waals surface area (Å²) in [4.78, 5) is 56.4. The standard InChI is InChI=1S/C8H10ClN5O2.C5H3Cl2N3O.C3H8N2O/c1-3(6(10)15)12-5-2-4(7(11)16)13-8(9)14-5;6-3-1-2(4(8)11)9-5(7)10-3;1-2(4)3(5)6/h2-3H,1H3,(H2,10,15)(H2,11,16)(H,12,13,14);1H,(H2,8,11);2H,4H2,1H3,(H2,5,6)/t3-;;2-/m0.0/s1. The Kier molecular flexibility index (Phi) is 12.5. The third-order valence-corrected chi connectivity index (χ3v) is 3.64. The number of hydrogen-bond donors (Lipinski definition) is 6. The van der Waals surface area contributed by atoms with Crippen LogP contribution in [0.5, 0.6) is 0 Å². The lowest BCUT2D eigenvalue weighted by atomic mass is 10.3. The molecule has 2 aromatic heterocycles. The highest BCUT2D eigenvalue weighted by Gasteiger charge is 2.12. The molecule has 180 valence electrons. The lowest BCUT2D eigenvalue weighted by Gasteiger charge is -2.10. The molecule has 14 nitrogen and oxygen atoms in total. The summed E-state index contributed by atoms with van der Waals surface area (Å²) in [6.07, 6.45) is 0. The molecule has 33 heavy (non-hydrogen) atoms. The van der Waals surface area contributed by atoms with Crippen LogP contribution in [0.1, 0.15) is 34.8 Å². The Morgan fingerprint density at radius 2 is 1.21 bits per heavy atom. The van der Waals surface area contributed by atoms with Gasteiger partial charge in [-0.2, -0.15) is 0 Å². The van der Waals surface area contributed by atoms with Gasteiger partial charge in [0.25, 0.3) is 11.8 Å². The van der Waals surface area contributed by atoms with Crippen molar-refractivity contribution in [3.63, 3.8) is 0 Å². The summed E-state index contributed by atoms with van der Waals surface area (Å²) in [5, 5.41) is 2.52. The summed E-state index contributed by atoms with van der Waals surface area (Å²) in [6, 6.07) is 1.38. The second kappa shape index (κ2) is 13.9. The first-order valence-corrected chi connectivity index (χ1v) is 9.72. The van der Waals surface area contributed by atoms with E-state index < -0.39 is 35.7 Å². The molecule has 17 heteroatoms. The van der Waals surface area contributed by atoms with E-state index in [2.05, 4.69) is 31.0 Å². The predicted octanol–water partition coefficient (Wildman–Crippen LogP) is -0.784. The van der Waals surface area contributed by atoms with Crippen LogP contribution in [0, 0.1) is 0 Å². The first-order valence-electron chi connectivity index (χ1n) is 8.59. The SMILES string of the molecule is C[C@H](N)C(N)=O.C[C@H](Nc1cc(C(N)=O)nc(Cl)n1)C(N)=O.NC(=O)c1cc(Cl)nc(Cl)n1. The number of nitrogens with zero attached hydrogens (tertiary/aromatic N) is 4. The lowest BCUT2D eigenvalue weighted by Crippen LogP contribution is -2.33. The monoisotopic (exact) mass is 522 g/mol. The minimum absolute atomic E-state index is 0.00926. The zero-order chi connectivity index (χ0) is 25.9. The van der Waals surface area contributed by atoms with E-state index in [9.17, 15) is 19.2 Å². The third-order valence-electron chi connectivity index (χ3n) is 3.11. The fourth-order valence-corrected chi connectivity index (χ4v) is 2.02. The van der Waals surface area contributed by atoms with Crippen molar-refractivity contribution in [1.29, 1.82) is 0 Å². The van der Waals surface area contributed by atoms with Crippen LogP contribution in [0.2, 0.25) is 15.7 Å². The number of halogens is 3. The molecule has 0 aliphatic heterocycles. The van der Waals surface area contributed by atoms with Gasteiger partial charge in [0, 0.05) is 12.1 Å². The molecule has 0 spiro atoms. The number of primary amides is 4. The van der Waals surface area contributed by atoms with E-state index >= 15 is 0 Å². The Bertz CT molecular complexity index is 1000. The van der Waals surface area contributed by atoms with Gasteiger partial charge in [0.1, 0.15) is 28.4 Å². The van der Waals surface area contributed by atoms with Crippen molar-refractivity contribution >= 4 is 64.2 Å². The fraction of sp³-hybridized carbons (Fsp3) is 0.250. The van der Waals surface area contributed by atoms with Gasteiger partial charge < -0.3 is 34.0 Å². The zero-order valence-corrected chi connectivity index (χ0v) is 19.5. The van der Waals surface area contributed by atoms with Crippen molar-refractivity contribution in [2.75, 3.05) is 5.32 Å². The Morgan fingerprint density at radius 3 is 1.58 bits per heavy atom. The molecular weight excluding hydrogens is 503 g/mol. The Labute approximate surface area is 202 Å². The maximum atomic E-state index is 10.9. The van der Waals surface area contributed by atoms with Crippen molar-refractivity contribution in [2.24, 2.45) is 28.7 Å². The molecule has 0 bridgehead atoms. The molecule has 0 saturated carbocycles. The van der Waals surface area contributed by atoms with E-state index in [0.29, 0.717) is 0 Å². The number of anilines is 1. The van der Waals surface area contributed by atoms with Gasteiger partial charge in [-0.1, -0.05) is 11.6 Å². The van der Waals surface area contributed by atoms with Gasteiger partial charge in [-0.05, 0) is 37.0 Å². The van der Waals surface area contributed by atoms with E-state index in [0.717, 1.165) is 0 Å². The third kappa shape index (κ3) is 12.3. The molecule has 2 aromatic rings. The average Bonchev–Trinajstić information content (AvgIpc) is 2.67. The molecular formula is C16H21Cl3N10O4. The van der Waals surface area contributed by atoms with E-state index in [1.165, 1.54) is 12.1 Å². The summed E-state index contributed by atoms with van der Waals surface area (Å²) in [7, 11) is 0. The van der Waals surface area contributed by atoms with Crippen molar-refractivity contribution < 1.29 is 19.2 Å². The van der Waals surface area contributed by atoms with Gasteiger partial charge in [-0.15, -0.1) is 0 Å². The minimum Gasteiger partial charge on any atom is -0.368 e. The number of rotatable bonds is 6. The van der Waals surface area contributed by atoms with Crippen LogP contribution < -0.4 is 34.0 Å². The van der Waals surface area contributed by atoms with Crippen LogP contribution in [0.3, 0.4) is 0 Å². The predicted molar refractivity (Wildman–Crippen MR) is 121 cm³/mol. The van der Waals surface area contributed by atoms with Gasteiger partial charge in [0.2, 0.25) is 22.4 Å². The topological polar surface area (TPSA) is 262 Å². The van der Waals surface area contributed by atoms with E-state index in [4.69, 9.17) is 57.7 Å². The van der Waals surface area contributed by atoms with Crippen molar-refractivity contribution in [3.8, 4) is 0 Å². The molecule has 0 aliphatic carbocycles. The second-order valence-corrected chi connectivity index (χ2v) is 7.00.